The van der Waals surface area contributed by atoms with Crippen molar-refractivity contribution in [3.05, 3.63) is 59.7 Å². The van der Waals surface area contributed by atoms with Gasteiger partial charge in [0.15, 0.2) is 0 Å². The molecule has 2 aliphatic heterocycles. The second-order valence-corrected chi connectivity index (χ2v) is 12.4. The lowest BCUT2D eigenvalue weighted by molar-refractivity contribution is 0.122. The number of pyridine rings is 2. The van der Waals surface area contributed by atoms with Crippen LogP contribution in [0.4, 0.5) is 11.4 Å². The number of unbranched alkanes of at least 4 members (excludes halogenated alkanes) is 4. The van der Waals surface area contributed by atoms with Crippen LogP contribution in [-0.4, -0.2) is 62.0 Å². The Kier molecular flexibility index (Phi) is 8.40. The van der Waals surface area contributed by atoms with Crippen molar-refractivity contribution in [3.8, 4) is 0 Å². The number of rotatable bonds is 10. The SMILES string of the molecule is CCCCCc1c(CCCCC)c2cc3cc(N4CCOCC4)ccc3n2c2nc3ccc(N4CCOCC4)cc3cc12. The maximum Gasteiger partial charge on any atom is 0.145 e. The molecule has 0 amide bonds. The van der Waals surface area contributed by atoms with Crippen molar-refractivity contribution in [1.82, 2.24) is 9.38 Å². The van der Waals surface area contributed by atoms with Gasteiger partial charge in [0.25, 0.3) is 0 Å². The fourth-order valence-corrected chi connectivity index (χ4v) is 7.22. The maximum atomic E-state index is 5.64. The fourth-order valence-electron chi connectivity index (χ4n) is 7.22. The third-order valence-corrected chi connectivity index (χ3v) is 9.59. The van der Waals surface area contributed by atoms with Crippen LogP contribution < -0.4 is 9.80 Å². The number of hydrogen-bond donors (Lipinski definition) is 0. The lowest BCUT2D eigenvalue weighted by Gasteiger charge is -2.29. The lowest BCUT2D eigenvalue weighted by atomic mass is 9.93. The van der Waals surface area contributed by atoms with Gasteiger partial charge in [0.1, 0.15) is 5.65 Å². The van der Waals surface area contributed by atoms with E-state index in [1.807, 2.05) is 0 Å². The summed E-state index contributed by atoms with van der Waals surface area (Å²) in [4.78, 5) is 10.3. The van der Waals surface area contributed by atoms with Crippen LogP contribution in [-0.2, 0) is 22.3 Å². The van der Waals surface area contributed by atoms with Crippen molar-refractivity contribution in [2.45, 2.75) is 65.2 Å². The fraction of sp³-hybridized carbons (Fsp3) is 0.486. The van der Waals surface area contributed by atoms with Gasteiger partial charge in [-0.3, -0.25) is 4.40 Å². The van der Waals surface area contributed by atoms with Gasteiger partial charge in [-0.25, -0.2) is 4.98 Å². The second-order valence-electron chi connectivity index (χ2n) is 12.4. The van der Waals surface area contributed by atoms with E-state index in [1.54, 1.807) is 0 Å². The predicted octanol–water partition coefficient (Wildman–Crippen LogP) is 7.93. The Morgan fingerprint density at radius 1 is 0.628 bits per heavy atom. The van der Waals surface area contributed by atoms with Crippen LogP contribution >= 0.6 is 0 Å². The summed E-state index contributed by atoms with van der Waals surface area (Å²) in [6, 6.07) is 18.7. The van der Waals surface area contributed by atoms with Gasteiger partial charge in [0.2, 0.25) is 0 Å². The number of aryl methyl sites for hydroxylation is 2. The molecule has 2 aliphatic rings. The summed E-state index contributed by atoms with van der Waals surface area (Å²) in [5.74, 6) is 0. The molecule has 2 fully saturated rings. The number of aromatic nitrogens is 2. The van der Waals surface area contributed by atoms with Gasteiger partial charge in [-0.15, -0.1) is 0 Å². The van der Waals surface area contributed by atoms with Crippen molar-refractivity contribution in [2.75, 3.05) is 62.4 Å². The highest BCUT2D eigenvalue weighted by atomic mass is 16.5. The Hall–Kier alpha value is -3.35. The van der Waals surface area contributed by atoms with Crippen molar-refractivity contribution in [1.29, 1.82) is 0 Å². The summed E-state index contributed by atoms with van der Waals surface area (Å²) in [5, 5.41) is 3.87. The zero-order valence-corrected chi connectivity index (χ0v) is 26.0. The molecule has 0 unspecified atom stereocenters. The van der Waals surface area contributed by atoms with Crippen molar-refractivity contribution < 1.29 is 9.47 Å². The molecular weight excluding hydrogens is 532 g/mol. The van der Waals surface area contributed by atoms with E-state index in [4.69, 9.17) is 14.5 Å². The Labute approximate surface area is 255 Å². The number of morpholine rings is 2. The van der Waals surface area contributed by atoms with Crippen LogP contribution in [0.1, 0.15) is 63.5 Å². The van der Waals surface area contributed by atoms with Crippen LogP contribution in [0, 0.1) is 0 Å². The molecule has 226 valence electrons. The molecule has 3 aromatic heterocycles. The van der Waals surface area contributed by atoms with E-state index in [-0.39, 0.29) is 0 Å². The number of hydrogen-bond acceptors (Lipinski definition) is 5. The van der Waals surface area contributed by atoms with E-state index in [0.717, 1.165) is 76.6 Å². The van der Waals surface area contributed by atoms with Crippen LogP contribution in [0.2, 0.25) is 0 Å². The molecule has 5 heterocycles. The summed E-state index contributed by atoms with van der Waals surface area (Å²) in [6.07, 6.45) is 9.66. The first-order valence-electron chi connectivity index (χ1n) is 16.7. The first-order valence-corrected chi connectivity index (χ1v) is 16.7. The molecule has 0 spiro atoms. The minimum atomic E-state index is 0.794. The highest BCUT2D eigenvalue weighted by Crippen LogP contribution is 2.37. The molecule has 2 saturated heterocycles. The van der Waals surface area contributed by atoms with Gasteiger partial charge in [0, 0.05) is 53.7 Å². The highest BCUT2D eigenvalue weighted by Gasteiger charge is 2.21. The average molecular weight is 579 g/mol. The van der Waals surface area contributed by atoms with Gasteiger partial charge in [-0.2, -0.15) is 0 Å². The number of anilines is 2. The minimum absolute atomic E-state index is 0.794. The molecule has 2 aromatic carbocycles. The number of ether oxygens (including phenoxy) is 2. The summed E-state index contributed by atoms with van der Waals surface area (Å²) in [5.41, 5.74) is 10.4. The van der Waals surface area contributed by atoms with E-state index >= 15 is 0 Å². The number of fused-ring (bicyclic) bond motifs is 6. The molecule has 0 atom stereocenters. The standard InChI is InChI=1S/C37H46N4O2/c1-3-5-7-9-31-32(10-8-6-4-2)36-26-28-24-30(40-17-21-43-22-18-40)12-14-35(28)41(36)37-33(31)25-27-23-29(11-13-34(27)38-37)39-15-19-42-20-16-39/h11-14,23-26H,3-10,15-22H2,1-2H3. The summed E-state index contributed by atoms with van der Waals surface area (Å²) < 4.78 is 13.7. The van der Waals surface area contributed by atoms with Gasteiger partial charge in [-0.1, -0.05) is 39.5 Å². The molecule has 0 saturated carbocycles. The molecule has 0 radical (unpaired) electrons. The zero-order chi connectivity index (χ0) is 29.2. The van der Waals surface area contributed by atoms with Crippen LogP contribution in [0.15, 0.2) is 48.5 Å². The molecule has 0 N–H and O–H groups in total. The van der Waals surface area contributed by atoms with Crippen molar-refractivity contribution in [2.24, 2.45) is 0 Å². The normalized spacial score (nSPS) is 16.3. The van der Waals surface area contributed by atoms with E-state index < -0.39 is 0 Å². The Bertz CT molecular complexity index is 1730. The third kappa shape index (κ3) is 5.56. The number of benzene rings is 2. The lowest BCUT2D eigenvalue weighted by Crippen LogP contribution is -2.36. The molecular formula is C37H46N4O2. The van der Waals surface area contributed by atoms with Gasteiger partial charge >= 0.3 is 0 Å². The first-order chi connectivity index (χ1) is 21.2. The van der Waals surface area contributed by atoms with E-state index in [1.165, 1.54) is 88.2 Å². The molecule has 0 bridgehead atoms. The summed E-state index contributed by atoms with van der Waals surface area (Å²) in [6.45, 7) is 11.6. The van der Waals surface area contributed by atoms with Crippen LogP contribution in [0.3, 0.4) is 0 Å². The highest BCUT2D eigenvalue weighted by molar-refractivity contribution is 6.01. The molecule has 7 rings (SSSR count). The van der Waals surface area contributed by atoms with E-state index in [9.17, 15) is 0 Å². The van der Waals surface area contributed by atoms with E-state index in [0.29, 0.717) is 0 Å². The molecule has 6 heteroatoms. The minimum Gasteiger partial charge on any atom is -0.378 e. The largest absolute Gasteiger partial charge is 0.378 e. The molecule has 6 nitrogen and oxygen atoms in total. The van der Waals surface area contributed by atoms with Gasteiger partial charge in [-0.05, 0) is 85.3 Å². The monoisotopic (exact) mass is 578 g/mol. The van der Waals surface area contributed by atoms with Gasteiger partial charge in [0.05, 0.1) is 43.0 Å². The second kappa shape index (κ2) is 12.7. The Morgan fingerprint density at radius 3 is 1.88 bits per heavy atom. The quantitative estimate of drug-likeness (QED) is 0.124. The van der Waals surface area contributed by atoms with Crippen molar-refractivity contribution in [3.63, 3.8) is 0 Å². The maximum absolute atomic E-state index is 5.64. The molecule has 0 aliphatic carbocycles. The predicted molar refractivity (Wildman–Crippen MR) is 180 cm³/mol. The van der Waals surface area contributed by atoms with Crippen LogP contribution in [0.5, 0.6) is 0 Å². The third-order valence-electron chi connectivity index (χ3n) is 9.59. The van der Waals surface area contributed by atoms with Crippen LogP contribution in [0.25, 0.3) is 38.4 Å². The molecule has 5 aromatic rings. The zero-order valence-electron chi connectivity index (χ0n) is 26.0. The average Bonchev–Trinajstić information content (AvgIpc) is 3.44. The first kappa shape index (κ1) is 28.4. The van der Waals surface area contributed by atoms with Crippen molar-refractivity contribution >= 4 is 49.7 Å². The smallest absolute Gasteiger partial charge is 0.145 e. The summed E-state index contributed by atoms with van der Waals surface area (Å²) in [7, 11) is 0. The topological polar surface area (TPSA) is 42.2 Å². The molecule has 43 heavy (non-hydrogen) atoms. The van der Waals surface area contributed by atoms with Gasteiger partial charge < -0.3 is 19.3 Å². The Morgan fingerprint density at radius 2 is 1.23 bits per heavy atom. The number of nitrogens with zero attached hydrogens (tertiary/aromatic N) is 4. The van der Waals surface area contributed by atoms with E-state index in [2.05, 4.69) is 76.6 Å². The summed E-state index contributed by atoms with van der Waals surface area (Å²) >= 11 is 0. The Balaban J connectivity index is 1.45.